The minimum Gasteiger partial charge on any atom is -0.332 e. The predicted molar refractivity (Wildman–Crippen MR) is 93.0 cm³/mol. The van der Waals surface area contributed by atoms with Gasteiger partial charge in [0, 0.05) is 18.2 Å². The summed E-state index contributed by atoms with van der Waals surface area (Å²) in [5.74, 6) is -0.176. The lowest BCUT2D eigenvalue weighted by Crippen LogP contribution is -2.40. The number of carbonyl (C=O) groups is 2. The summed E-state index contributed by atoms with van der Waals surface area (Å²) in [7, 11) is 1.68. The van der Waals surface area contributed by atoms with Crippen LogP contribution < -0.4 is 0 Å². The lowest BCUT2D eigenvalue weighted by Gasteiger charge is -2.25. The SMILES string of the molecule is Cc1ccc(C(=O)C(C)N(C)C(=O)c2ccccc2C)cc1C. The molecule has 0 aliphatic heterocycles. The summed E-state index contributed by atoms with van der Waals surface area (Å²) < 4.78 is 0. The van der Waals surface area contributed by atoms with E-state index in [0.29, 0.717) is 11.1 Å². The first kappa shape index (κ1) is 16.9. The molecule has 2 aromatic rings. The molecule has 0 aliphatic carbocycles. The molecule has 3 heteroatoms. The van der Waals surface area contributed by atoms with Crippen molar-refractivity contribution in [2.75, 3.05) is 7.05 Å². The molecule has 23 heavy (non-hydrogen) atoms. The second-order valence-corrected chi connectivity index (χ2v) is 6.07. The van der Waals surface area contributed by atoms with Gasteiger partial charge in [0.2, 0.25) is 0 Å². The number of ketones is 1. The fourth-order valence-electron chi connectivity index (χ4n) is 2.49. The molecule has 0 radical (unpaired) electrons. The molecule has 0 heterocycles. The highest BCUT2D eigenvalue weighted by Crippen LogP contribution is 2.16. The van der Waals surface area contributed by atoms with E-state index in [1.54, 1.807) is 20.0 Å². The zero-order valence-electron chi connectivity index (χ0n) is 14.4. The van der Waals surface area contributed by atoms with Crippen LogP contribution in [0, 0.1) is 20.8 Å². The summed E-state index contributed by atoms with van der Waals surface area (Å²) in [6, 6.07) is 12.6. The van der Waals surface area contributed by atoms with Crippen molar-refractivity contribution in [3.8, 4) is 0 Å². The Kier molecular flexibility index (Phi) is 4.99. The van der Waals surface area contributed by atoms with E-state index in [0.717, 1.165) is 16.7 Å². The quantitative estimate of drug-likeness (QED) is 0.802. The first-order valence-electron chi connectivity index (χ1n) is 7.77. The molecule has 0 saturated heterocycles. The summed E-state index contributed by atoms with van der Waals surface area (Å²) in [5.41, 5.74) is 4.42. The minimum absolute atomic E-state index is 0.0439. The summed E-state index contributed by atoms with van der Waals surface area (Å²) in [5, 5.41) is 0. The maximum atomic E-state index is 12.7. The van der Waals surface area contributed by atoms with Crippen LogP contribution in [0.1, 0.15) is 44.3 Å². The second-order valence-electron chi connectivity index (χ2n) is 6.07. The van der Waals surface area contributed by atoms with Crippen molar-refractivity contribution < 1.29 is 9.59 Å². The molecule has 0 spiro atoms. The van der Waals surface area contributed by atoms with E-state index in [4.69, 9.17) is 0 Å². The summed E-state index contributed by atoms with van der Waals surface area (Å²) >= 11 is 0. The number of benzene rings is 2. The third kappa shape index (κ3) is 3.50. The number of amides is 1. The van der Waals surface area contributed by atoms with Crippen molar-refractivity contribution in [2.24, 2.45) is 0 Å². The maximum absolute atomic E-state index is 12.7. The highest BCUT2D eigenvalue weighted by molar-refractivity contribution is 6.04. The van der Waals surface area contributed by atoms with Crippen molar-refractivity contribution in [3.05, 3.63) is 70.3 Å². The number of hydrogen-bond donors (Lipinski definition) is 0. The van der Waals surface area contributed by atoms with E-state index < -0.39 is 6.04 Å². The Morgan fingerprint density at radius 1 is 0.913 bits per heavy atom. The first-order valence-corrected chi connectivity index (χ1v) is 7.77. The van der Waals surface area contributed by atoms with Gasteiger partial charge in [0.15, 0.2) is 5.78 Å². The molecule has 0 saturated carbocycles. The molecule has 2 rings (SSSR count). The fraction of sp³-hybridized carbons (Fsp3) is 0.300. The Hall–Kier alpha value is -2.42. The van der Waals surface area contributed by atoms with Crippen LogP contribution in [0.2, 0.25) is 0 Å². The Morgan fingerprint density at radius 2 is 1.57 bits per heavy atom. The zero-order chi connectivity index (χ0) is 17.1. The van der Waals surface area contributed by atoms with Crippen molar-refractivity contribution in [3.63, 3.8) is 0 Å². The van der Waals surface area contributed by atoms with E-state index in [1.165, 1.54) is 4.90 Å². The molecule has 0 aromatic heterocycles. The lowest BCUT2D eigenvalue weighted by atomic mass is 9.99. The van der Waals surface area contributed by atoms with Gasteiger partial charge in [-0.15, -0.1) is 0 Å². The van der Waals surface area contributed by atoms with Gasteiger partial charge in [0.1, 0.15) is 0 Å². The number of aryl methyl sites for hydroxylation is 3. The molecular formula is C20H23NO2. The second kappa shape index (κ2) is 6.78. The molecule has 1 amide bonds. The van der Waals surface area contributed by atoms with E-state index in [-0.39, 0.29) is 11.7 Å². The Balaban J connectivity index is 2.23. The molecule has 0 N–H and O–H groups in total. The molecule has 1 unspecified atom stereocenters. The highest BCUT2D eigenvalue weighted by atomic mass is 16.2. The molecular weight excluding hydrogens is 286 g/mol. The van der Waals surface area contributed by atoms with E-state index >= 15 is 0 Å². The fourth-order valence-corrected chi connectivity index (χ4v) is 2.49. The smallest absolute Gasteiger partial charge is 0.254 e. The van der Waals surface area contributed by atoms with Crippen LogP contribution in [0.25, 0.3) is 0 Å². The van der Waals surface area contributed by atoms with Crippen molar-refractivity contribution in [1.29, 1.82) is 0 Å². The van der Waals surface area contributed by atoms with Crippen molar-refractivity contribution >= 4 is 11.7 Å². The Morgan fingerprint density at radius 3 is 2.17 bits per heavy atom. The van der Waals surface area contributed by atoms with E-state index in [2.05, 4.69) is 0 Å². The molecule has 2 aromatic carbocycles. The van der Waals surface area contributed by atoms with E-state index in [1.807, 2.05) is 57.2 Å². The summed E-state index contributed by atoms with van der Waals surface area (Å²) in [6.07, 6.45) is 0. The predicted octanol–water partition coefficient (Wildman–Crippen LogP) is 3.96. The van der Waals surface area contributed by atoms with Gasteiger partial charge in [-0.2, -0.15) is 0 Å². The normalized spacial score (nSPS) is 11.9. The van der Waals surface area contributed by atoms with Crippen LogP contribution in [-0.2, 0) is 0 Å². The topological polar surface area (TPSA) is 37.4 Å². The van der Waals surface area contributed by atoms with Gasteiger partial charge in [-0.1, -0.05) is 30.3 Å². The Labute approximate surface area is 137 Å². The number of Topliss-reactive ketones (excluding diaryl/α,β-unsaturated/α-hetero) is 1. The van der Waals surface area contributed by atoms with Gasteiger partial charge in [0.25, 0.3) is 5.91 Å². The van der Waals surface area contributed by atoms with Crippen LogP contribution in [-0.4, -0.2) is 29.7 Å². The highest BCUT2D eigenvalue weighted by Gasteiger charge is 2.25. The molecule has 3 nitrogen and oxygen atoms in total. The number of likely N-dealkylation sites (N-methyl/N-ethyl adjacent to an activating group) is 1. The average molecular weight is 309 g/mol. The monoisotopic (exact) mass is 309 g/mol. The van der Waals surface area contributed by atoms with E-state index in [9.17, 15) is 9.59 Å². The van der Waals surface area contributed by atoms with Crippen LogP contribution in [0.5, 0.6) is 0 Å². The van der Waals surface area contributed by atoms with Crippen LogP contribution in [0.4, 0.5) is 0 Å². The van der Waals surface area contributed by atoms with Gasteiger partial charge in [-0.25, -0.2) is 0 Å². The van der Waals surface area contributed by atoms with Crippen LogP contribution in [0.3, 0.4) is 0 Å². The third-order valence-electron chi connectivity index (χ3n) is 4.45. The Bertz CT molecular complexity index is 749. The van der Waals surface area contributed by atoms with Crippen LogP contribution in [0.15, 0.2) is 42.5 Å². The largest absolute Gasteiger partial charge is 0.332 e. The number of nitrogens with zero attached hydrogens (tertiary/aromatic N) is 1. The molecule has 0 bridgehead atoms. The lowest BCUT2D eigenvalue weighted by molar-refractivity contribution is 0.0674. The van der Waals surface area contributed by atoms with Crippen LogP contribution >= 0.6 is 0 Å². The zero-order valence-corrected chi connectivity index (χ0v) is 14.4. The number of hydrogen-bond acceptors (Lipinski definition) is 2. The average Bonchev–Trinajstić information content (AvgIpc) is 2.55. The molecule has 1 atom stereocenters. The summed E-state index contributed by atoms with van der Waals surface area (Å²) in [4.78, 5) is 26.8. The molecule has 0 aliphatic rings. The maximum Gasteiger partial charge on any atom is 0.254 e. The van der Waals surface area contributed by atoms with Gasteiger partial charge in [0.05, 0.1) is 6.04 Å². The van der Waals surface area contributed by atoms with Gasteiger partial charge in [-0.3, -0.25) is 9.59 Å². The van der Waals surface area contributed by atoms with Gasteiger partial charge >= 0.3 is 0 Å². The molecule has 120 valence electrons. The first-order chi connectivity index (χ1) is 10.8. The number of rotatable bonds is 4. The van der Waals surface area contributed by atoms with Gasteiger partial charge < -0.3 is 4.90 Å². The summed E-state index contributed by atoms with van der Waals surface area (Å²) in [6.45, 7) is 7.67. The minimum atomic E-state index is -0.510. The standard InChI is InChI=1S/C20H23NO2/c1-13-10-11-17(12-15(13)3)19(22)16(4)21(5)20(23)18-9-7-6-8-14(18)2/h6-12,16H,1-5H3. The number of carbonyl (C=O) groups excluding carboxylic acids is 2. The van der Waals surface area contributed by atoms with Crippen molar-refractivity contribution in [2.45, 2.75) is 33.7 Å². The third-order valence-corrected chi connectivity index (χ3v) is 4.45. The molecule has 0 fully saturated rings. The van der Waals surface area contributed by atoms with Crippen molar-refractivity contribution in [1.82, 2.24) is 4.90 Å². The van der Waals surface area contributed by atoms with Gasteiger partial charge in [-0.05, 0) is 56.5 Å².